The van der Waals surface area contributed by atoms with E-state index in [1.807, 2.05) is 0 Å². The van der Waals surface area contributed by atoms with Gasteiger partial charge in [-0.05, 0) is 54.1 Å². The lowest BCUT2D eigenvalue weighted by Crippen LogP contribution is -2.17. The molecule has 3 rings (SSSR count). The van der Waals surface area contributed by atoms with Gasteiger partial charge in [-0.15, -0.1) is 0 Å². The first-order valence-electron chi connectivity index (χ1n) is 9.77. The molecule has 172 valence electrons. The maximum atomic E-state index is 12.2. The van der Waals surface area contributed by atoms with Gasteiger partial charge in [-0.3, -0.25) is 14.9 Å². The van der Waals surface area contributed by atoms with Crippen LogP contribution in [-0.4, -0.2) is 30.1 Å². The number of hydrazone groups is 1. The van der Waals surface area contributed by atoms with Crippen molar-refractivity contribution in [3.05, 3.63) is 105 Å². The van der Waals surface area contributed by atoms with Gasteiger partial charge in [-0.25, -0.2) is 10.2 Å². The standard InChI is InChI=1S/C24H18ClN3O6/c1-33-21-10-5-17(6-11-21)24(30)27-26-15-18-14-20(28(31)32)9-12-22(18)34-23(29)13-4-16-2-7-19(25)8-3-16/h2-15H,1H3,(H,27,30)/b13-4+,26-15+. The van der Waals surface area contributed by atoms with Crippen molar-refractivity contribution in [3.63, 3.8) is 0 Å². The largest absolute Gasteiger partial charge is 0.497 e. The normalized spacial score (nSPS) is 10.9. The van der Waals surface area contributed by atoms with Crippen LogP contribution in [0.5, 0.6) is 11.5 Å². The molecule has 3 aromatic carbocycles. The second kappa shape index (κ2) is 11.4. The van der Waals surface area contributed by atoms with Crippen molar-refractivity contribution in [2.24, 2.45) is 5.10 Å². The summed E-state index contributed by atoms with van der Waals surface area (Å²) >= 11 is 5.84. The minimum atomic E-state index is -0.708. The van der Waals surface area contributed by atoms with E-state index in [4.69, 9.17) is 21.1 Å². The Kier molecular flexibility index (Phi) is 8.09. The molecule has 1 N–H and O–H groups in total. The number of hydrogen-bond acceptors (Lipinski definition) is 7. The van der Waals surface area contributed by atoms with Gasteiger partial charge in [0, 0.05) is 34.4 Å². The molecule has 0 fully saturated rings. The highest BCUT2D eigenvalue weighted by molar-refractivity contribution is 6.30. The number of halogens is 1. The van der Waals surface area contributed by atoms with E-state index in [0.29, 0.717) is 16.3 Å². The number of amides is 1. The van der Waals surface area contributed by atoms with Crippen LogP contribution < -0.4 is 14.9 Å². The third kappa shape index (κ3) is 6.75. The highest BCUT2D eigenvalue weighted by Crippen LogP contribution is 2.23. The molecule has 0 radical (unpaired) electrons. The van der Waals surface area contributed by atoms with E-state index in [0.717, 1.165) is 11.8 Å². The summed E-state index contributed by atoms with van der Waals surface area (Å²) in [6.07, 6.45) is 3.89. The molecule has 0 saturated carbocycles. The zero-order chi connectivity index (χ0) is 24.5. The lowest BCUT2D eigenvalue weighted by molar-refractivity contribution is -0.384. The molecule has 0 spiro atoms. The number of hydrogen-bond donors (Lipinski definition) is 1. The first-order chi connectivity index (χ1) is 16.4. The fourth-order valence-corrected chi connectivity index (χ4v) is 2.82. The van der Waals surface area contributed by atoms with Crippen molar-refractivity contribution in [2.75, 3.05) is 7.11 Å². The van der Waals surface area contributed by atoms with Gasteiger partial charge in [0.15, 0.2) is 0 Å². The van der Waals surface area contributed by atoms with Crippen LogP contribution in [0.4, 0.5) is 5.69 Å². The fraction of sp³-hybridized carbons (Fsp3) is 0.0417. The van der Waals surface area contributed by atoms with Crippen molar-refractivity contribution >= 4 is 41.5 Å². The van der Waals surface area contributed by atoms with Crippen LogP contribution in [0.25, 0.3) is 6.08 Å². The smallest absolute Gasteiger partial charge is 0.336 e. The quantitative estimate of drug-likeness (QED) is 0.125. The van der Waals surface area contributed by atoms with Crippen LogP contribution in [0.1, 0.15) is 21.5 Å². The number of benzene rings is 3. The average molecular weight is 480 g/mol. The van der Waals surface area contributed by atoms with Gasteiger partial charge in [0.05, 0.1) is 18.2 Å². The van der Waals surface area contributed by atoms with E-state index in [1.54, 1.807) is 48.5 Å². The van der Waals surface area contributed by atoms with E-state index in [1.165, 1.54) is 37.5 Å². The zero-order valence-electron chi connectivity index (χ0n) is 17.8. The monoisotopic (exact) mass is 479 g/mol. The summed E-state index contributed by atoms with van der Waals surface area (Å²) < 4.78 is 10.3. The third-order valence-corrected chi connectivity index (χ3v) is 4.67. The Morgan fingerprint density at radius 1 is 1.06 bits per heavy atom. The zero-order valence-corrected chi connectivity index (χ0v) is 18.6. The predicted molar refractivity (Wildman–Crippen MR) is 127 cm³/mol. The molecule has 34 heavy (non-hydrogen) atoms. The molecular formula is C24H18ClN3O6. The van der Waals surface area contributed by atoms with Gasteiger partial charge in [-0.1, -0.05) is 23.7 Å². The summed E-state index contributed by atoms with van der Waals surface area (Å²) in [7, 11) is 1.51. The molecule has 0 heterocycles. The summed E-state index contributed by atoms with van der Waals surface area (Å²) in [6.45, 7) is 0. The minimum absolute atomic E-state index is 0.0267. The fourth-order valence-electron chi connectivity index (χ4n) is 2.69. The summed E-state index contributed by atoms with van der Waals surface area (Å²) in [5.74, 6) is -0.596. The topological polar surface area (TPSA) is 120 Å². The van der Waals surface area contributed by atoms with E-state index < -0.39 is 16.8 Å². The Hall–Kier alpha value is -4.50. The number of esters is 1. The van der Waals surface area contributed by atoms with Crippen LogP contribution in [0.3, 0.4) is 0 Å². The summed E-state index contributed by atoms with van der Waals surface area (Å²) in [4.78, 5) is 35.0. The Bertz CT molecular complexity index is 1250. The van der Waals surface area contributed by atoms with Crippen LogP contribution in [0, 0.1) is 10.1 Å². The van der Waals surface area contributed by atoms with E-state index in [9.17, 15) is 19.7 Å². The SMILES string of the molecule is COc1ccc(C(=O)N/N=C/c2cc([N+](=O)[O-])ccc2OC(=O)/C=C/c2ccc(Cl)cc2)cc1. The van der Waals surface area contributed by atoms with E-state index in [-0.39, 0.29) is 17.0 Å². The van der Waals surface area contributed by atoms with Crippen molar-refractivity contribution in [1.82, 2.24) is 5.43 Å². The number of nitrogens with zero attached hydrogens (tertiary/aromatic N) is 2. The van der Waals surface area contributed by atoms with Crippen molar-refractivity contribution in [3.8, 4) is 11.5 Å². The molecule has 0 bridgehead atoms. The van der Waals surface area contributed by atoms with Gasteiger partial charge in [0.1, 0.15) is 11.5 Å². The maximum Gasteiger partial charge on any atom is 0.336 e. The number of carbonyl (C=O) groups is 2. The second-order valence-electron chi connectivity index (χ2n) is 6.71. The molecule has 0 aliphatic carbocycles. The molecule has 10 heteroatoms. The molecule has 9 nitrogen and oxygen atoms in total. The lowest BCUT2D eigenvalue weighted by Gasteiger charge is -2.06. The third-order valence-electron chi connectivity index (χ3n) is 4.42. The molecular weight excluding hydrogens is 462 g/mol. The minimum Gasteiger partial charge on any atom is -0.497 e. The van der Waals surface area contributed by atoms with Gasteiger partial charge in [0.25, 0.3) is 11.6 Å². The van der Waals surface area contributed by atoms with Crippen LogP contribution in [0.15, 0.2) is 77.9 Å². The Morgan fingerprint density at radius 3 is 2.41 bits per heavy atom. The number of nitrogens with one attached hydrogen (secondary N) is 1. The Balaban J connectivity index is 1.73. The lowest BCUT2D eigenvalue weighted by atomic mass is 10.2. The highest BCUT2D eigenvalue weighted by atomic mass is 35.5. The Labute approximate surface area is 199 Å². The first-order valence-corrected chi connectivity index (χ1v) is 10.1. The molecule has 0 atom stereocenters. The van der Waals surface area contributed by atoms with E-state index >= 15 is 0 Å². The molecule has 0 saturated heterocycles. The summed E-state index contributed by atoms with van der Waals surface area (Å²) in [5.41, 5.74) is 3.27. The van der Waals surface area contributed by atoms with Crippen molar-refractivity contribution in [1.29, 1.82) is 0 Å². The number of non-ortho nitro benzene ring substituents is 1. The van der Waals surface area contributed by atoms with Gasteiger partial charge < -0.3 is 9.47 Å². The molecule has 0 aliphatic rings. The first kappa shape index (κ1) is 24.1. The summed E-state index contributed by atoms with van der Waals surface area (Å²) in [5, 5.41) is 15.5. The molecule has 1 amide bonds. The number of nitro benzene ring substituents is 1. The molecule has 0 aliphatic heterocycles. The Morgan fingerprint density at radius 2 is 1.76 bits per heavy atom. The van der Waals surface area contributed by atoms with Crippen molar-refractivity contribution < 1.29 is 24.0 Å². The number of ether oxygens (including phenoxy) is 2. The van der Waals surface area contributed by atoms with Gasteiger partial charge in [-0.2, -0.15) is 5.10 Å². The molecule has 0 unspecified atom stereocenters. The van der Waals surface area contributed by atoms with Crippen LogP contribution in [0.2, 0.25) is 5.02 Å². The number of methoxy groups -OCH3 is 1. The van der Waals surface area contributed by atoms with Gasteiger partial charge >= 0.3 is 5.97 Å². The van der Waals surface area contributed by atoms with Crippen molar-refractivity contribution in [2.45, 2.75) is 0 Å². The summed E-state index contributed by atoms with van der Waals surface area (Å²) in [6, 6.07) is 16.8. The number of carbonyl (C=O) groups excluding carboxylic acids is 2. The number of rotatable bonds is 8. The highest BCUT2D eigenvalue weighted by Gasteiger charge is 2.13. The second-order valence-corrected chi connectivity index (χ2v) is 7.15. The molecule has 0 aromatic heterocycles. The predicted octanol–water partition coefficient (Wildman–Crippen LogP) is 4.64. The average Bonchev–Trinajstić information content (AvgIpc) is 2.84. The van der Waals surface area contributed by atoms with Gasteiger partial charge in [0.2, 0.25) is 0 Å². The van der Waals surface area contributed by atoms with Crippen LogP contribution in [-0.2, 0) is 4.79 Å². The van der Waals surface area contributed by atoms with E-state index in [2.05, 4.69) is 10.5 Å². The molecule has 3 aromatic rings. The van der Waals surface area contributed by atoms with Crippen LogP contribution >= 0.6 is 11.6 Å². The maximum absolute atomic E-state index is 12.2. The number of nitro groups is 1.